The molecule has 0 saturated heterocycles. The Bertz CT molecular complexity index is 663. The summed E-state index contributed by atoms with van der Waals surface area (Å²) in [6.07, 6.45) is 3.06. The van der Waals surface area contributed by atoms with Gasteiger partial charge in [-0.05, 0) is 18.2 Å². The maximum absolute atomic E-state index is 12.5. The van der Waals surface area contributed by atoms with Crippen LogP contribution >= 0.6 is 0 Å². The minimum absolute atomic E-state index is 0.193. The molecule has 0 unspecified atom stereocenters. The number of halogens is 3. The number of benzene rings is 1. The molecule has 2 aromatic rings. The lowest BCUT2D eigenvalue weighted by molar-refractivity contribution is 0.0690. The zero-order valence-corrected chi connectivity index (χ0v) is 10.4. The van der Waals surface area contributed by atoms with Gasteiger partial charge in [0, 0.05) is 24.0 Å². The van der Waals surface area contributed by atoms with Gasteiger partial charge in [0.05, 0.1) is 5.56 Å². The number of aromatic carboxylic acids is 1. The topological polar surface area (TPSA) is 93.3 Å². The Balaban J connectivity index is 0.000000219. The highest BCUT2D eigenvalue weighted by Crippen LogP contribution is 2.13. The lowest BCUT2D eigenvalue weighted by Gasteiger charge is -1.97. The quantitative estimate of drug-likeness (QED) is 0.829. The molecule has 0 atom stereocenters. The van der Waals surface area contributed by atoms with E-state index in [2.05, 4.69) is 4.98 Å². The molecule has 0 radical (unpaired) electrons. The first-order chi connectivity index (χ1) is 9.82. The number of carboxylic acids is 1. The molecule has 0 aliphatic rings. The second-order valence-electron chi connectivity index (χ2n) is 3.65. The fourth-order valence-electron chi connectivity index (χ4n) is 1.20. The van der Waals surface area contributed by atoms with E-state index in [4.69, 9.17) is 10.8 Å². The molecule has 21 heavy (non-hydrogen) atoms. The SMILES string of the molecule is NC(=O)c1ccncc1.O=C(O)c1cc(F)c(F)cc1F. The second kappa shape index (κ2) is 7.04. The fraction of sp³-hybridized carbons (Fsp3) is 0. The molecule has 1 amide bonds. The number of carbonyl (C=O) groups is 2. The number of nitrogens with zero attached hydrogens (tertiary/aromatic N) is 1. The van der Waals surface area contributed by atoms with Crippen LogP contribution in [0.1, 0.15) is 20.7 Å². The summed E-state index contributed by atoms with van der Waals surface area (Å²) in [5, 5.41) is 8.25. The monoisotopic (exact) mass is 298 g/mol. The molecule has 110 valence electrons. The van der Waals surface area contributed by atoms with Crippen LogP contribution in [0.5, 0.6) is 0 Å². The third-order valence-electron chi connectivity index (χ3n) is 2.21. The Labute approximate surface area is 116 Å². The molecule has 0 aliphatic carbocycles. The van der Waals surface area contributed by atoms with Crippen LogP contribution in [0.15, 0.2) is 36.7 Å². The van der Waals surface area contributed by atoms with Crippen molar-refractivity contribution in [2.24, 2.45) is 5.73 Å². The highest BCUT2D eigenvalue weighted by Gasteiger charge is 2.14. The third kappa shape index (κ3) is 4.60. The first kappa shape index (κ1) is 16.2. The zero-order valence-electron chi connectivity index (χ0n) is 10.4. The predicted molar refractivity (Wildman–Crippen MR) is 66.0 cm³/mol. The van der Waals surface area contributed by atoms with Gasteiger partial charge in [0.25, 0.3) is 0 Å². The number of carbonyl (C=O) groups excluding carboxylic acids is 1. The number of amides is 1. The normalized spacial score (nSPS) is 9.48. The van der Waals surface area contributed by atoms with E-state index in [1.54, 1.807) is 12.1 Å². The molecule has 1 aromatic heterocycles. The van der Waals surface area contributed by atoms with Gasteiger partial charge in [0.15, 0.2) is 11.6 Å². The average Bonchev–Trinajstić information content (AvgIpc) is 2.44. The molecular weight excluding hydrogens is 289 g/mol. The van der Waals surface area contributed by atoms with Crippen LogP contribution < -0.4 is 5.73 Å². The van der Waals surface area contributed by atoms with Gasteiger partial charge < -0.3 is 10.8 Å². The van der Waals surface area contributed by atoms with Crippen molar-refractivity contribution in [1.29, 1.82) is 0 Å². The minimum Gasteiger partial charge on any atom is -0.478 e. The first-order valence-corrected chi connectivity index (χ1v) is 5.40. The summed E-state index contributed by atoms with van der Waals surface area (Å²) in [7, 11) is 0. The Morgan fingerprint density at radius 1 is 1.00 bits per heavy atom. The number of rotatable bonds is 2. The summed E-state index contributed by atoms with van der Waals surface area (Å²) in [5.74, 6) is -6.13. The molecule has 2 rings (SSSR count). The van der Waals surface area contributed by atoms with Gasteiger partial charge >= 0.3 is 5.97 Å². The minimum atomic E-state index is -1.63. The number of nitrogens with two attached hydrogens (primary N) is 1. The van der Waals surface area contributed by atoms with Crippen molar-refractivity contribution >= 4 is 11.9 Å². The molecule has 0 spiro atoms. The van der Waals surface area contributed by atoms with Crippen molar-refractivity contribution < 1.29 is 27.9 Å². The van der Waals surface area contributed by atoms with E-state index in [-0.39, 0.29) is 6.07 Å². The van der Waals surface area contributed by atoms with Crippen LogP contribution in [0, 0.1) is 17.5 Å². The largest absolute Gasteiger partial charge is 0.478 e. The fourth-order valence-corrected chi connectivity index (χ4v) is 1.20. The standard InChI is InChI=1S/C7H3F3O2.C6H6N2O/c8-4-2-6(10)5(9)1-3(4)7(11)12;7-6(9)5-1-3-8-4-2-5/h1-2H,(H,11,12);1-4H,(H2,7,9). The highest BCUT2D eigenvalue weighted by molar-refractivity contribution is 5.92. The third-order valence-corrected chi connectivity index (χ3v) is 2.21. The summed E-state index contributed by atoms with van der Waals surface area (Å²) in [6.45, 7) is 0. The van der Waals surface area contributed by atoms with Crippen molar-refractivity contribution in [1.82, 2.24) is 4.98 Å². The van der Waals surface area contributed by atoms with E-state index in [9.17, 15) is 22.8 Å². The van der Waals surface area contributed by atoms with E-state index >= 15 is 0 Å². The summed E-state index contributed by atoms with van der Waals surface area (Å²) in [5.41, 5.74) is 4.56. The van der Waals surface area contributed by atoms with E-state index in [1.807, 2.05) is 0 Å². The summed E-state index contributed by atoms with van der Waals surface area (Å²) < 4.78 is 37.0. The Hall–Kier alpha value is -2.90. The number of pyridine rings is 1. The number of aromatic nitrogens is 1. The van der Waals surface area contributed by atoms with Crippen molar-refractivity contribution in [3.63, 3.8) is 0 Å². The zero-order chi connectivity index (χ0) is 16.0. The van der Waals surface area contributed by atoms with Gasteiger partial charge in [-0.2, -0.15) is 0 Å². The summed E-state index contributed by atoms with van der Waals surface area (Å²) in [6, 6.07) is 3.64. The summed E-state index contributed by atoms with van der Waals surface area (Å²) in [4.78, 5) is 24.3. The molecule has 3 N–H and O–H groups in total. The van der Waals surface area contributed by atoms with Gasteiger partial charge in [-0.25, -0.2) is 18.0 Å². The predicted octanol–water partition coefficient (Wildman–Crippen LogP) is 1.98. The number of primary amides is 1. The number of hydrogen-bond acceptors (Lipinski definition) is 3. The molecule has 1 heterocycles. The van der Waals surface area contributed by atoms with Crippen LogP contribution in [0.4, 0.5) is 13.2 Å². The van der Waals surface area contributed by atoms with Crippen molar-refractivity contribution in [3.05, 3.63) is 65.2 Å². The van der Waals surface area contributed by atoms with E-state index in [1.165, 1.54) is 12.4 Å². The van der Waals surface area contributed by atoms with Crippen molar-refractivity contribution in [3.8, 4) is 0 Å². The maximum Gasteiger partial charge on any atom is 0.338 e. The first-order valence-electron chi connectivity index (χ1n) is 5.40. The van der Waals surface area contributed by atoms with Crippen molar-refractivity contribution in [2.45, 2.75) is 0 Å². The molecule has 5 nitrogen and oxygen atoms in total. The number of hydrogen-bond donors (Lipinski definition) is 2. The Kier molecular flexibility index (Phi) is 5.41. The molecule has 0 fully saturated rings. The molecule has 8 heteroatoms. The van der Waals surface area contributed by atoms with E-state index in [0.29, 0.717) is 11.6 Å². The van der Waals surface area contributed by atoms with Crippen LogP contribution in [0.3, 0.4) is 0 Å². The van der Waals surface area contributed by atoms with Gasteiger partial charge in [-0.3, -0.25) is 9.78 Å². The lowest BCUT2D eigenvalue weighted by atomic mass is 10.2. The summed E-state index contributed by atoms with van der Waals surface area (Å²) >= 11 is 0. The van der Waals surface area contributed by atoms with E-state index in [0.717, 1.165) is 0 Å². The average molecular weight is 298 g/mol. The van der Waals surface area contributed by atoms with Crippen LogP contribution in [0.25, 0.3) is 0 Å². The molecule has 0 saturated carbocycles. The van der Waals surface area contributed by atoms with Crippen LogP contribution in [-0.4, -0.2) is 22.0 Å². The van der Waals surface area contributed by atoms with Crippen LogP contribution in [0.2, 0.25) is 0 Å². The smallest absolute Gasteiger partial charge is 0.338 e. The molecule has 1 aromatic carbocycles. The van der Waals surface area contributed by atoms with Gasteiger partial charge in [0.1, 0.15) is 5.82 Å². The Morgan fingerprint density at radius 2 is 1.52 bits per heavy atom. The molecule has 0 bridgehead atoms. The Morgan fingerprint density at radius 3 is 1.95 bits per heavy atom. The van der Waals surface area contributed by atoms with Crippen molar-refractivity contribution in [2.75, 3.05) is 0 Å². The molecular formula is C13H9F3N2O3. The maximum atomic E-state index is 12.5. The van der Waals surface area contributed by atoms with Gasteiger partial charge in [-0.15, -0.1) is 0 Å². The molecule has 0 aliphatic heterocycles. The second-order valence-corrected chi connectivity index (χ2v) is 3.65. The van der Waals surface area contributed by atoms with Crippen LogP contribution in [-0.2, 0) is 0 Å². The lowest BCUT2D eigenvalue weighted by Crippen LogP contribution is -2.10. The number of carboxylic acid groups (broad SMARTS) is 1. The van der Waals surface area contributed by atoms with Gasteiger partial charge in [-0.1, -0.05) is 0 Å². The highest BCUT2D eigenvalue weighted by atomic mass is 19.2. The van der Waals surface area contributed by atoms with Gasteiger partial charge in [0.2, 0.25) is 5.91 Å². The van der Waals surface area contributed by atoms with E-state index < -0.39 is 34.9 Å².